The zero-order valence-corrected chi connectivity index (χ0v) is 10.5. The number of Topliss-reactive ketones (excluding diaryl/α,β-unsaturated/α-hetero) is 1. The Bertz CT molecular complexity index is 501. The monoisotopic (exact) mass is 278 g/mol. The third kappa shape index (κ3) is 2.42. The Morgan fingerprint density at radius 2 is 2.19 bits per heavy atom. The first-order chi connectivity index (χ1) is 7.66. The summed E-state index contributed by atoms with van der Waals surface area (Å²) in [6.45, 7) is 1.99. The fourth-order valence-corrected chi connectivity index (χ4v) is 1.83. The van der Waals surface area contributed by atoms with Crippen LogP contribution in [-0.4, -0.2) is 5.78 Å². The third-order valence-corrected chi connectivity index (χ3v) is 3.29. The van der Waals surface area contributed by atoms with Crippen molar-refractivity contribution in [3.05, 3.63) is 58.0 Å². The molecule has 0 saturated carbocycles. The molecule has 0 fully saturated rings. The van der Waals surface area contributed by atoms with E-state index in [1.165, 1.54) is 0 Å². The van der Waals surface area contributed by atoms with E-state index in [-0.39, 0.29) is 5.78 Å². The summed E-state index contributed by atoms with van der Waals surface area (Å²) in [4.78, 5) is 11.9. The summed E-state index contributed by atoms with van der Waals surface area (Å²) in [6, 6.07) is 7.45. The van der Waals surface area contributed by atoms with Crippen molar-refractivity contribution in [2.45, 2.75) is 13.3 Å². The largest absolute Gasteiger partial charge is 0.472 e. The lowest BCUT2D eigenvalue weighted by molar-refractivity contribution is 0.0992. The molecule has 3 heteroatoms. The number of rotatable bonds is 3. The van der Waals surface area contributed by atoms with Crippen LogP contribution >= 0.6 is 15.9 Å². The Balaban J connectivity index is 2.18. The van der Waals surface area contributed by atoms with Gasteiger partial charge < -0.3 is 4.42 Å². The lowest BCUT2D eigenvalue weighted by Gasteiger charge is -2.02. The molecule has 0 spiro atoms. The Labute approximate surface area is 102 Å². The number of benzene rings is 1. The second-order valence-corrected chi connectivity index (χ2v) is 4.55. The molecule has 0 atom stereocenters. The summed E-state index contributed by atoms with van der Waals surface area (Å²) >= 11 is 3.42. The van der Waals surface area contributed by atoms with E-state index in [9.17, 15) is 4.79 Å². The molecule has 0 N–H and O–H groups in total. The molecule has 82 valence electrons. The highest BCUT2D eigenvalue weighted by Crippen LogP contribution is 2.18. The van der Waals surface area contributed by atoms with Crippen LogP contribution in [0.1, 0.15) is 21.5 Å². The van der Waals surface area contributed by atoms with Gasteiger partial charge in [0.1, 0.15) is 0 Å². The second kappa shape index (κ2) is 4.66. The van der Waals surface area contributed by atoms with Gasteiger partial charge in [-0.2, -0.15) is 0 Å². The van der Waals surface area contributed by atoms with E-state index in [4.69, 9.17) is 4.42 Å². The van der Waals surface area contributed by atoms with Gasteiger partial charge in [-0.15, -0.1) is 0 Å². The molecule has 16 heavy (non-hydrogen) atoms. The standard InChI is InChI=1S/C13H11BrO2/c1-9-2-3-11(7-12(9)14)13(15)6-10-4-5-16-8-10/h2-5,7-8H,6H2,1H3. The van der Waals surface area contributed by atoms with E-state index in [1.807, 2.05) is 25.1 Å². The number of carbonyl (C=O) groups excluding carboxylic acids is 1. The normalized spacial score (nSPS) is 10.4. The minimum atomic E-state index is 0.0992. The fourth-order valence-electron chi connectivity index (χ4n) is 1.45. The predicted molar refractivity (Wildman–Crippen MR) is 65.6 cm³/mol. The van der Waals surface area contributed by atoms with Gasteiger partial charge in [-0.3, -0.25) is 4.79 Å². The van der Waals surface area contributed by atoms with Crippen LogP contribution in [0, 0.1) is 6.92 Å². The molecule has 0 saturated heterocycles. The molecule has 0 amide bonds. The molecule has 1 heterocycles. The average Bonchev–Trinajstić information content (AvgIpc) is 2.74. The first kappa shape index (κ1) is 11.1. The van der Waals surface area contributed by atoms with Crippen molar-refractivity contribution in [1.82, 2.24) is 0 Å². The van der Waals surface area contributed by atoms with Crippen LogP contribution in [0.5, 0.6) is 0 Å². The van der Waals surface area contributed by atoms with Crippen LogP contribution in [-0.2, 0) is 6.42 Å². The van der Waals surface area contributed by atoms with Crippen molar-refractivity contribution in [2.75, 3.05) is 0 Å². The highest BCUT2D eigenvalue weighted by Gasteiger charge is 2.08. The molecule has 0 radical (unpaired) electrons. The van der Waals surface area contributed by atoms with Gasteiger partial charge in [-0.1, -0.05) is 28.1 Å². The maximum absolute atomic E-state index is 11.9. The number of carbonyl (C=O) groups is 1. The molecule has 2 nitrogen and oxygen atoms in total. The lowest BCUT2D eigenvalue weighted by atomic mass is 10.0. The van der Waals surface area contributed by atoms with Crippen molar-refractivity contribution in [3.63, 3.8) is 0 Å². The Morgan fingerprint density at radius 3 is 2.81 bits per heavy atom. The molecule has 0 aliphatic carbocycles. The highest BCUT2D eigenvalue weighted by atomic mass is 79.9. The van der Waals surface area contributed by atoms with E-state index in [2.05, 4.69) is 15.9 Å². The number of hydrogen-bond acceptors (Lipinski definition) is 2. The molecule has 0 bridgehead atoms. The van der Waals surface area contributed by atoms with Gasteiger partial charge in [0.25, 0.3) is 0 Å². The van der Waals surface area contributed by atoms with Crippen LogP contribution in [0.15, 0.2) is 45.7 Å². The van der Waals surface area contributed by atoms with E-state index in [1.54, 1.807) is 18.6 Å². The van der Waals surface area contributed by atoms with Crippen LogP contribution in [0.2, 0.25) is 0 Å². The first-order valence-corrected chi connectivity index (χ1v) is 5.76. The van der Waals surface area contributed by atoms with Crippen molar-refractivity contribution < 1.29 is 9.21 Å². The van der Waals surface area contributed by atoms with E-state index < -0.39 is 0 Å². The molecule has 2 aromatic rings. The Hall–Kier alpha value is -1.35. The molecular formula is C13H11BrO2. The van der Waals surface area contributed by atoms with Gasteiger partial charge in [-0.25, -0.2) is 0 Å². The van der Waals surface area contributed by atoms with Gasteiger partial charge >= 0.3 is 0 Å². The summed E-state index contributed by atoms with van der Waals surface area (Å²) < 4.78 is 5.90. The number of aryl methyl sites for hydroxylation is 1. The summed E-state index contributed by atoms with van der Waals surface area (Å²) in [6.07, 6.45) is 3.56. The van der Waals surface area contributed by atoms with Crippen molar-refractivity contribution >= 4 is 21.7 Å². The second-order valence-electron chi connectivity index (χ2n) is 3.70. The fraction of sp³-hybridized carbons (Fsp3) is 0.154. The molecule has 1 aromatic heterocycles. The zero-order chi connectivity index (χ0) is 11.5. The number of hydrogen-bond donors (Lipinski definition) is 0. The van der Waals surface area contributed by atoms with E-state index >= 15 is 0 Å². The Morgan fingerprint density at radius 1 is 1.38 bits per heavy atom. The molecular weight excluding hydrogens is 268 g/mol. The number of halogens is 1. The highest BCUT2D eigenvalue weighted by molar-refractivity contribution is 9.10. The molecule has 0 unspecified atom stereocenters. The number of ketones is 1. The summed E-state index contributed by atoms with van der Waals surface area (Å²) in [5.74, 6) is 0.0992. The van der Waals surface area contributed by atoms with E-state index in [0.29, 0.717) is 6.42 Å². The van der Waals surface area contributed by atoms with Gasteiger partial charge in [0.05, 0.1) is 12.5 Å². The minimum absolute atomic E-state index is 0.0992. The van der Waals surface area contributed by atoms with Crippen LogP contribution in [0.3, 0.4) is 0 Å². The third-order valence-electron chi connectivity index (χ3n) is 2.44. The van der Waals surface area contributed by atoms with Gasteiger partial charge in [0.15, 0.2) is 5.78 Å². The minimum Gasteiger partial charge on any atom is -0.472 e. The van der Waals surface area contributed by atoms with Gasteiger partial charge in [-0.05, 0) is 30.2 Å². The maximum Gasteiger partial charge on any atom is 0.167 e. The smallest absolute Gasteiger partial charge is 0.167 e. The molecule has 2 rings (SSSR count). The predicted octanol–water partition coefficient (Wildman–Crippen LogP) is 3.78. The lowest BCUT2D eigenvalue weighted by Crippen LogP contribution is -2.02. The first-order valence-electron chi connectivity index (χ1n) is 4.97. The molecule has 1 aromatic carbocycles. The number of furan rings is 1. The zero-order valence-electron chi connectivity index (χ0n) is 8.87. The maximum atomic E-state index is 11.9. The SMILES string of the molecule is Cc1ccc(C(=O)Cc2ccoc2)cc1Br. The van der Waals surface area contributed by atoms with Crippen LogP contribution in [0.25, 0.3) is 0 Å². The summed E-state index contributed by atoms with van der Waals surface area (Å²) in [5, 5.41) is 0. The quantitative estimate of drug-likeness (QED) is 0.800. The molecule has 0 aliphatic rings. The summed E-state index contributed by atoms with van der Waals surface area (Å²) in [5.41, 5.74) is 2.75. The van der Waals surface area contributed by atoms with Crippen LogP contribution < -0.4 is 0 Å². The summed E-state index contributed by atoms with van der Waals surface area (Å²) in [7, 11) is 0. The van der Waals surface area contributed by atoms with Gasteiger partial charge in [0.2, 0.25) is 0 Å². The molecule has 0 aliphatic heterocycles. The van der Waals surface area contributed by atoms with Crippen molar-refractivity contribution in [1.29, 1.82) is 0 Å². The van der Waals surface area contributed by atoms with Gasteiger partial charge in [0, 0.05) is 16.5 Å². The Kier molecular flexibility index (Phi) is 3.25. The topological polar surface area (TPSA) is 30.2 Å². The van der Waals surface area contributed by atoms with E-state index in [0.717, 1.165) is 21.2 Å². The van der Waals surface area contributed by atoms with Crippen LogP contribution in [0.4, 0.5) is 0 Å². The van der Waals surface area contributed by atoms with Crippen molar-refractivity contribution in [2.24, 2.45) is 0 Å². The average molecular weight is 279 g/mol. The van der Waals surface area contributed by atoms with Crippen molar-refractivity contribution in [3.8, 4) is 0 Å².